The molecular weight excluding hydrogens is 452 g/mol. The number of para-hydroxylation sites is 1. The van der Waals surface area contributed by atoms with E-state index in [4.69, 9.17) is 9.57 Å². The van der Waals surface area contributed by atoms with Crippen molar-refractivity contribution >= 4 is 39.8 Å². The Hall–Kier alpha value is -3.49. The third-order valence-corrected chi connectivity index (χ3v) is 7.51. The molecular formula is C26H24N2O5S. The maximum Gasteiger partial charge on any atom is 0.341 e. The Balaban J connectivity index is 1.59. The van der Waals surface area contributed by atoms with Crippen LogP contribution in [0.4, 0.5) is 10.7 Å². The molecule has 0 saturated carbocycles. The van der Waals surface area contributed by atoms with Crippen LogP contribution >= 0.6 is 11.3 Å². The zero-order valence-corrected chi connectivity index (χ0v) is 19.9. The number of hydrogen-bond acceptors (Lipinski definition) is 7. The van der Waals surface area contributed by atoms with Gasteiger partial charge in [0.2, 0.25) is 5.91 Å². The summed E-state index contributed by atoms with van der Waals surface area (Å²) < 4.78 is 5.23. The molecule has 3 heterocycles. The minimum Gasteiger partial charge on any atom is -0.462 e. The zero-order valence-electron chi connectivity index (χ0n) is 19.1. The lowest BCUT2D eigenvalue weighted by molar-refractivity contribution is -0.126. The average molecular weight is 477 g/mol. The number of esters is 1. The smallest absolute Gasteiger partial charge is 0.341 e. The topological polar surface area (TPSA) is 76.2 Å². The summed E-state index contributed by atoms with van der Waals surface area (Å²) in [5.41, 5.74) is 2.60. The first kappa shape index (κ1) is 22.3. The Morgan fingerprint density at radius 3 is 2.29 bits per heavy atom. The van der Waals surface area contributed by atoms with Crippen molar-refractivity contribution in [2.75, 3.05) is 16.6 Å². The highest BCUT2D eigenvalue weighted by atomic mass is 32.1. The van der Waals surface area contributed by atoms with Gasteiger partial charge < -0.3 is 4.74 Å². The number of benzene rings is 2. The van der Waals surface area contributed by atoms with Crippen LogP contribution in [-0.4, -0.2) is 30.5 Å². The lowest BCUT2D eigenvalue weighted by Crippen LogP contribution is -2.37. The van der Waals surface area contributed by atoms with Crippen molar-refractivity contribution in [1.82, 2.24) is 0 Å². The second kappa shape index (κ2) is 8.70. The van der Waals surface area contributed by atoms with Crippen LogP contribution in [0.15, 0.2) is 60.7 Å². The lowest BCUT2D eigenvalue weighted by Gasteiger charge is -2.28. The first-order valence-corrected chi connectivity index (χ1v) is 12.0. The number of hydroxylamine groups is 1. The van der Waals surface area contributed by atoms with E-state index in [-0.39, 0.29) is 18.1 Å². The van der Waals surface area contributed by atoms with Crippen LogP contribution in [0.1, 0.15) is 39.3 Å². The van der Waals surface area contributed by atoms with Gasteiger partial charge >= 0.3 is 5.97 Å². The molecule has 5 rings (SSSR count). The van der Waals surface area contributed by atoms with E-state index in [0.717, 1.165) is 21.0 Å². The van der Waals surface area contributed by atoms with Crippen LogP contribution in [-0.2, 0) is 19.2 Å². The highest BCUT2D eigenvalue weighted by molar-refractivity contribution is 7.17. The zero-order chi connectivity index (χ0) is 24.0. The number of carbonyl (C=O) groups is 3. The molecule has 2 saturated heterocycles. The molecule has 8 heteroatoms. The van der Waals surface area contributed by atoms with Crippen LogP contribution in [0.25, 0.3) is 0 Å². The van der Waals surface area contributed by atoms with Crippen molar-refractivity contribution in [2.45, 2.75) is 32.9 Å². The Morgan fingerprint density at radius 1 is 1.00 bits per heavy atom. The highest BCUT2D eigenvalue weighted by Gasteiger charge is 2.61. The van der Waals surface area contributed by atoms with Gasteiger partial charge in [-0.15, -0.1) is 11.3 Å². The van der Waals surface area contributed by atoms with Crippen LogP contribution in [0.2, 0.25) is 0 Å². The average Bonchev–Trinajstić information content (AvgIpc) is 3.45. The van der Waals surface area contributed by atoms with Gasteiger partial charge in [-0.2, -0.15) is 0 Å². The van der Waals surface area contributed by atoms with Crippen molar-refractivity contribution in [2.24, 2.45) is 5.92 Å². The number of hydrogen-bond donors (Lipinski definition) is 0. The minimum atomic E-state index is -0.990. The largest absolute Gasteiger partial charge is 0.462 e. The standard InChI is InChI=1S/C26H24N2O5S/c1-4-32-26(31)19-15(2)16(3)34-25(19)27-23(29)20-21(17-11-7-5-8-12-17)28(33-22(20)24(27)30)18-13-9-6-10-14-18/h5-14,20-22H,4H2,1-3H3/t20-,21-,22-/m0/s1. The Morgan fingerprint density at radius 2 is 1.65 bits per heavy atom. The van der Waals surface area contributed by atoms with Gasteiger partial charge in [0, 0.05) is 4.88 Å². The van der Waals surface area contributed by atoms with Gasteiger partial charge in [-0.3, -0.25) is 14.4 Å². The molecule has 0 radical (unpaired) electrons. The van der Waals surface area contributed by atoms with Gasteiger partial charge in [0.15, 0.2) is 6.10 Å². The molecule has 7 nitrogen and oxygen atoms in total. The second-order valence-corrected chi connectivity index (χ2v) is 9.47. The molecule has 2 aromatic carbocycles. The summed E-state index contributed by atoms with van der Waals surface area (Å²) in [5.74, 6) is -2.15. The normalized spacial score (nSPS) is 21.8. The molecule has 3 atom stereocenters. The molecule has 0 aliphatic carbocycles. The van der Waals surface area contributed by atoms with Crippen LogP contribution < -0.4 is 9.96 Å². The highest BCUT2D eigenvalue weighted by Crippen LogP contribution is 2.49. The van der Waals surface area contributed by atoms with Crippen LogP contribution in [0.5, 0.6) is 0 Å². The van der Waals surface area contributed by atoms with E-state index in [1.165, 1.54) is 11.3 Å². The summed E-state index contributed by atoms with van der Waals surface area (Å²) in [5, 5.41) is 1.97. The van der Waals surface area contributed by atoms with E-state index in [9.17, 15) is 14.4 Å². The molecule has 34 heavy (non-hydrogen) atoms. The van der Waals surface area contributed by atoms with Gasteiger partial charge in [-0.1, -0.05) is 48.5 Å². The fourth-order valence-electron chi connectivity index (χ4n) is 4.61. The van der Waals surface area contributed by atoms with E-state index in [0.29, 0.717) is 10.6 Å². The molecule has 174 valence electrons. The fourth-order valence-corrected chi connectivity index (χ4v) is 5.77. The molecule has 2 aliphatic rings. The van der Waals surface area contributed by atoms with Crippen molar-refractivity contribution in [1.29, 1.82) is 0 Å². The number of amides is 2. The summed E-state index contributed by atoms with van der Waals surface area (Å²) in [6.45, 7) is 5.58. The SMILES string of the molecule is CCOC(=O)c1c(N2C(=O)[C@@H]3[C@H](ON(c4ccccc4)[C@H]3c3ccccc3)C2=O)sc(C)c1C. The Labute approximate surface area is 201 Å². The van der Waals surface area contributed by atoms with Crippen LogP contribution in [0.3, 0.4) is 0 Å². The number of fused-ring (bicyclic) bond motifs is 1. The lowest BCUT2D eigenvalue weighted by atomic mass is 9.90. The molecule has 0 unspecified atom stereocenters. The van der Waals surface area contributed by atoms with E-state index in [1.54, 1.807) is 18.9 Å². The third-order valence-electron chi connectivity index (χ3n) is 6.32. The summed E-state index contributed by atoms with van der Waals surface area (Å²) in [6, 6.07) is 18.5. The molecule has 0 N–H and O–H groups in total. The number of thiophene rings is 1. The molecule has 0 spiro atoms. The summed E-state index contributed by atoms with van der Waals surface area (Å²) >= 11 is 1.25. The van der Waals surface area contributed by atoms with E-state index >= 15 is 0 Å². The number of anilines is 2. The molecule has 1 aromatic heterocycles. The number of rotatable bonds is 5. The van der Waals surface area contributed by atoms with Gasteiger partial charge in [-0.25, -0.2) is 14.8 Å². The van der Waals surface area contributed by atoms with Crippen molar-refractivity contribution in [3.8, 4) is 0 Å². The quantitative estimate of drug-likeness (QED) is 0.396. The Bertz CT molecular complexity index is 1260. The first-order valence-electron chi connectivity index (χ1n) is 11.1. The molecule has 2 fully saturated rings. The number of ether oxygens (including phenoxy) is 1. The maximum atomic E-state index is 13.9. The maximum absolute atomic E-state index is 13.9. The number of aryl methyl sites for hydroxylation is 1. The van der Waals surface area contributed by atoms with Gasteiger partial charge in [0.1, 0.15) is 10.9 Å². The third kappa shape index (κ3) is 3.41. The molecule has 2 aliphatic heterocycles. The number of carbonyl (C=O) groups excluding carboxylic acids is 3. The van der Waals surface area contributed by atoms with E-state index in [2.05, 4.69) is 0 Å². The van der Waals surface area contributed by atoms with Crippen molar-refractivity contribution < 1.29 is 24.0 Å². The molecule has 2 amide bonds. The molecule has 3 aromatic rings. The second-order valence-electron chi connectivity index (χ2n) is 8.26. The summed E-state index contributed by atoms with van der Waals surface area (Å²) in [4.78, 5) is 48.4. The van der Waals surface area contributed by atoms with E-state index < -0.39 is 29.9 Å². The first-order chi connectivity index (χ1) is 16.4. The van der Waals surface area contributed by atoms with Gasteiger partial charge in [0.05, 0.1) is 23.9 Å². The summed E-state index contributed by atoms with van der Waals surface area (Å²) in [7, 11) is 0. The van der Waals surface area contributed by atoms with Gasteiger partial charge in [0.25, 0.3) is 5.91 Å². The fraction of sp³-hybridized carbons (Fsp3) is 0.269. The predicted octanol–water partition coefficient (Wildman–Crippen LogP) is 4.59. The minimum absolute atomic E-state index is 0.199. The molecule has 0 bridgehead atoms. The summed E-state index contributed by atoms with van der Waals surface area (Å²) in [6.07, 6.45) is -0.990. The predicted molar refractivity (Wildman–Crippen MR) is 129 cm³/mol. The number of imide groups is 1. The monoisotopic (exact) mass is 476 g/mol. The van der Waals surface area contributed by atoms with Crippen molar-refractivity contribution in [3.63, 3.8) is 0 Å². The number of nitrogens with zero attached hydrogens (tertiary/aromatic N) is 2. The van der Waals surface area contributed by atoms with E-state index in [1.807, 2.05) is 67.6 Å². The van der Waals surface area contributed by atoms with Gasteiger partial charge in [-0.05, 0) is 44.0 Å². The van der Waals surface area contributed by atoms with Crippen molar-refractivity contribution in [3.05, 3.63) is 82.2 Å². The Kier molecular flexibility index (Phi) is 5.71. The van der Waals surface area contributed by atoms with Crippen LogP contribution in [0, 0.1) is 19.8 Å².